The van der Waals surface area contributed by atoms with Crippen LogP contribution in [0, 0.1) is 0 Å². The van der Waals surface area contributed by atoms with Crippen LogP contribution in [0.25, 0.3) is 10.9 Å². The minimum absolute atomic E-state index is 0.205. The maximum absolute atomic E-state index is 11.7. The first kappa shape index (κ1) is 15.1. The predicted octanol–water partition coefficient (Wildman–Crippen LogP) is 2.47. The molecule has 112 valence electrons. The molecule has 2 rings (SSSR count). The monoisotopic (exact) mass is 288 g/mol. The number of carboxylic acid groups (broad SMARTS) is 1. The minimum atomic E-state index is -0.984. The first-order valence-electron chi connectivity index (χ1n) is 7.19. The van der Waals surface area contributed by atoms with Gasteiger partial charge in [-0.25, -0.2) is 4.79 Å². The van der Waals surface area contributed by atoms with Crippen LogP contribution in [0.4, 0.5) is 0 Å². The predicted molar refractivity (Wildman–Crippen MR) is 81.1 cm³/mol. The second-order valence-corrected chi connectivity index (χ2v) is 5.08. The second-order valence-electron chi connectivity index (χ2n) is 5.08. The number of para-hydroxylation sites is 1. The van der Waals surface area contributed by atoms with E-state index in [1.807, 2.05) is 24.4 Å². The molecule has 0 saturated heterocycles. The lowest BCUT2D eigenvalue weighted by Crippen LogP contribution is -2.40. The highest BCUT2D eigenvalue weighted by Gasteiger charge is 2.17. The second kappa shape index (κ2) is 6.92. The molecule has 0 fully saturated rings. The van der Waals surface area contributed by atoms with Gasteiger partial charge in [0.2, 0.25) is 5.91 Å². The topological polar surface area (TPSA) is 82.2 Å². The number of amides is 1. The Hall–Kier alpha value is -2.30. The Morgan fingerprint density at radius 1 is 1.33 bits per heavy atom. The fourth-order valence-electron chi connectivity index (χ4n) is 2.38. The molecule has 0 spiro atoms. The third kappa shape index (κ3) is 3.84. The fraction of sp³-hybridized carbons (Fsp3) is 0.375. The van der Waals surface area contributed by atoms with Crippen LogP contribution in [-0.4, -0.2) is 28.0 Å². The standard InChI is InChI=1S/C16H20N2O3/c1-2-13(16(20)21)18-15(19)9-5-6-11-10-17-14-8-4-3-7-12(11)14/h3-4,7-8,10,13,17H,2,5-6,9H2,1H3,(H,18,19)(H,20,21)/t13-/m0/s1. The SMILES string of the molecule is CC[C@H](NC(=O)CCCc1c[nH]c2ccccc12)C(=O)O. The number of aliphatic carboxylic acids is 1. The number of aromatic nitrogens is 1. The van der Waals surface area contributed by atoms with Crippen molar-refractivity contribution in [2.75, 3.05) is 0 Å². The van der Waals surface area contributed by atoms with Gasteiger partial charge in [-0.05, 0) is 30.9 Å². The number of aryl methyl sites for hydroxylation is 1. The lowest BCUT2D eigenvalue weighted by Gasteiger charge is -2.11. The zero-order valence-electron chi connectivity index (χ0n) is 12.1. The highest BCUT2D eigenvalue weighted by atomic mass is 16.4. The van der Waals surface area contributed by atoms with Crippen molar-refractivity contribution in [3.05, 3.63) is 36.0 Å². The number of carbonyl (C=O) groups is 2. The van der Waals surface area contributed by atoms with Crippen LogP contribution in [0.3, 0.4) is 0 Å². The summed E-state index contributed by atoms with van der Waals surface area (Å²) in [6.45, 7) is 1.74. The normalized spacial score (nSPS) is 12.2. The molecule has 0 unspecified atom stereocenters. The summed E-state index contributed by atoms with van der Waals surface area (Å²) in [5, 5.41) is 12.6. The molecule has 0 radical (unpaired) electrons. The van der Waals surface area contributed by atoms with Gasteiger partial charge in [-0.15, -0.1) is 0 Å². The van der Waals surface area contributed by atoms with Gasteiger partial charge in [0.1, 0.15) is 6.04 Å². The molecule has 1 atom stereocenters. The van der Waals surface area contributed by atoms with Gasteiger partial charge in [0.05, 0.1) is 0 Å². The largest absolute Gasteiger partial charge is 0.480 e. The minimum Gasteiger partial charge on any atom is -0.480 e. The highest BCUT2D eigenvalue weighted by molar-refractivity contribution is 5.84. The Morgan fingerprint density at radius 3 is 2.81 bits per heavy atom. The number of carboxylic acids is 1. The number of nitrogens with one attached hydrogen (secondary N) is 2. The first-order chi connectivity index (χ1) is 10.1. The Morgan fingerprint density at radius 2 is 2.10 bits per heavy atom. The van der Waals surface area contributed by atoms with E-state index in [-0.39, 0.29) is 5.91 Å². The molecule has 1 amide bonds. The number of H-pyrrole nitrogens is 1. The summed E-state index contributed by atoms with van der Waals surface area (Å²) in [5.74, 6) is -1.19. The van der Waals surface area contributed by atoms with E-state index in [2.05, 4.69) is 16.4 Å². The Kier molecular flexibility index (Phi) is 4.98. The number of aromatic amines is 1. The van der Waals surface area contributed by atoms with Gasteiger partial charge in [0, 0.05) is 23.5 Å². The van der Waals surface area contributed by atoms with E-state index in [0.717, 1.165) is 11.9 Å². The van der Waals surface area contributed by atoms with Crippen molar-refractivity contribution in [3.8, 4) is 0 Å². The van der Waals surface area contributed by atoms with E-state index in [9.17, 15) is 9.59 Å². The van der Waals surface area contributed by atoms with Gasteiger partial charge in [-0.1, -0.05) is 25.1 Å². The van der Waals surface area contributed by atoms with Crippen LogP contribution in [0.15, 0.2) is 30.5 Å². The van der Waals surface area contributed by atoms with Crippen LogP contribution in [0.5, 0.6) is 0 Å². The molecule has 0 saturated carbocycles. The van der Waals surface area contributed by atoms with Gasteiger partial charge in [-0.3, -0.25) is 4.79 Å². The van der Waals surface area contributed by atoms with E-state index < -0.39 is 12.0 Å². The lowest BCUT2D eigenvalue weighted by atomic mass is 10.1. The van der Waals surface area contributed by atoms with Crippen molar-refractivity contribution in [3.63, 3.8) is 0 Å². The van der Waals surface area contributed by atoms with Crippen molar-refractivity contribution in [2.45, 2.75) is 38.6 Å². The molecule has 1 aromatic heterocycles. The van der Waals surface area contributed by atoms with Crippen molar-refractivity contribution >= 4 is 22.8 Å². The van der Waals surface area contributed by atoms with Crippen LogP contribution in [-0.2, 0) is 16.0 Å². The van der Waals surface area contributed by atoms with E-state index in [0.29, 0.717) is 19.3 Å². The van der Waals surface area contributed by atoms with Crippen molar-refractivity contribution in [1.82, 2.24) is 10.3 Å². The number of benzene rings is 1. The highest BCUT2D eigenvalue weighted by Crippen LogP contribution is 2.19. The molecule has 0 aliphatic heterocycles. The number of hydrogen-bond acceptors (Lipinski definition) is 2. The molecular formula is C16H20N2O3. The molecule has 5 heteroatoms. The molecule has 0 aliphatic rings. The quantitative estimate of drug-likeness (QED) is 0.732. The summed E-state index contributed by atoms with van der Waals surface area (Å²) in [5.41, 5.74) is 2.28. The van der Waals surface area contributed by atoms with Gasteiger partial charge in [0.15, 0.2) is 0 Å². The van der Waals surface area contributed by atoms with E-state index in [1.54, 1.807) is 6.92 Å². The summed E-state index contributed by atoms with van der Waals surface area (Å²) < 4.78 is 0. The molecule has 0 bridgehead atoms. The number of carbonyl (C=O) groups excluding carboxylic acids is 1. The molecule has 2 aromatic rings. The first-order valence-corrected chi connectivity index (χ1v) is 7.19. The van der Waals surface area contributed by atoms with Crippen LogP contribution in [0.1, 0.15) is 31.7 Å². The van der Waals surface area contributed by atoms with Gasteiger partial charge < -0.3 is 15.4 Å². The summed E-state index contributed by atoms with van der Waals surface area (Å²) in [4.78, 5) is 25.8. The average Bonchev–Trinajstić information content (AvgIpc) is 2.88. The summed E-state index contributed by atoms with van der Waals surface area (Å²) >= 11 is 0. The summed E-state index contributed by atoms with van der Waals surface area (Å²) in [7, 11) is 0. The molecule has 0 aliphatic carbocycles. The third-order valence-electron chi connectivity index (χ3n) is 3.57. The van der Waals surface area contributed by atoms with Crippen LogP contribution in [0.2, 0.25) is 0 Å². The van der Waals surface area contributed by atoms with E-state index in [4.69, 9.17) is 5.11 Å². The summed E-state index contributed by atoms with van der Waals surface area (Å²) in [6, 6.07) is 7.26. The van der Waals surface area contributed by atoms with Crippen molar-refractivity contribution in [2.24, 2.45) is 0 Å². The van der Waals surface area contributed by atoms with E-state index >= 15 is 0 Å². The molecule has 3 N–H and O–H groups in total. The molecule has 1 heterocycles. The van der Waals surface area contributed by atoms with Crippen molar-refractivity contribution in [1.29, 1.82) is 0 Å². The van der Waals surface area contributed by atoms with E-state index in [1.165, 1.54) is 10.9 Å². The van der Waals surface area contributed by atoms with Gasteiger partial charge >= 0.3 is 5.97 Å². The Bertz CT molecular complexity index is 633. The zero-order chi connectivity index (χ0) is 15.2. The fourth-order valence-corrected chi connectivity index (χ4v) is 2.38. The van der Waals surface area contributed by atoms with Crippen LogP contribution >= 0.6 is 0 Å². The number of rotatable bonds is 7. The van der Waals surface area contributed by atoms with Gasteiger partial charge in [-0.2, -0.15) is 0 Å². The lowest BCUT2D eigenvalue weighted by molar-refractivity contribution is -0.141. The molecule has 21 heavy (non-hydrogen) atoms. The molecular weight excluding hydrogens is 268 g/mol. The van der Waals surface area contributed by atoms with Crippen LogP contribution < -0.4 is 5.32 Å². The third-order valence-corrected chi connectivity index (χ3v) is 3.57. The maximum Gasteiger partial charge on any atom is 0.326 e. The number of fused-ring (bicyclic) bond motifs is 1. The molecule has 1 aromatic carbocycles. The number of hydrogen-bond donors (Lipinski definition) is 3. The summed E-state index contributed by atoms with van der Waals surface area (Å²) in [6.07, 6.45) is 4.19. The van der Waals surface area contributed by atoms with Gasteiger partial charge in [0.25, 0.3) is 0 Å². The Labute approximate surface area is 123 Å². The van der Waals surface area contributed by atoms with Crippen molar-refractivity contribution < 1.29 is 14.7 Å². The smallest absolute Gasteiger partial charge is 0.326 e. The Balaban J connectivity index is 1.84. The maximum atomic E-state index is 11.7. The zero-order valence-corrected chi connectivity index (χ0v) is 12.1. The molecule has 5 nitrogen and oxygen atoms in total. The average molecular weight is 288 g/mol.